The highest BCUT2D eigenvalue weighted by Crippen LogP contribution is 2.22. The summed E-state index contributed by atoms with van der Waals surface area (Å²) in [5.41, 5.74) is 0.254. The molecule has 1 amide bonds. The molecule has 8 heteroatoms. The predicted molar refractivity (Wildman–Crippen MR) is 79.2 cm³/mol. The Bertz CT molecular complexity index is 760. The molecule has 0 unspecified atom stereocenters. The van der Waals surface area contributed by atoms with Crippen LogP contribution in [-0.4, -0.2) is 30.0 Å². The van der Waals surface area contributed by atoms with Crippen molar-refractivity contribution in [2.24, 2.45) is 0 Å². The first-order valence-electron chi connectivity index (χ1n) is 6.04. The third-order valence-corrected chi connectivity index (χ3v) is 4.68. The van der Waals surface area contributed by atoms with Crippen LogP contribution in [0.5, 0.6) is 0 Å². The number of carbonyl (C=O) groups is 1. The van der Waals surface area contributed by atoms with Crippen molar-refractivity contribution in [3.05, 3.63) is 47.5 Å². The summed E-state index contributed by atoms with van der Waals surface area (Å²) in [6, 6.07) is 6.20. The first kappa shape index (κ1) is 15.4. The van der Waals surface area contributed by atoms with Crippen molar-refractivity contribution in [2.75, 3.05) is 11.1 Å². The summed E-state index contributed by atoms with van der Waals surface area (Å²) in [4.78, 5) is 19.7. The Balaban J connectivity index is 2.32. The molecule has 21 heavy (non-hydrogen) atoms. The van der Waals surface area contributed by atoms with Crippen LogP contribution in [0.1, 0.15) is 17.4 Å². The van der Waals surface area contributed by atoms with Crippen LogP contribution >= 0.6 is 11.6 Å². The average Bonchev–Trinajstić information content (AvgIpc) is 2.48. The van der Waals surface area contributed by atoms with Crippen LogP contribution in [0.25, 0.3) is 0 Å². The minimum absolute atomic E-state index is 0.0445. The van der Waals surface area contributed by atoms with Crippen molar-refractivity contribution in [2.45, 2.75) is 11.8 Å². The second kappa shape index (κ2) is 6.19. The molecule has 110 valence electrons. The van der Waals surface area contributed by atoms with Crippen LogP contribution < -0.4 is 5.32 Å². The van der Waals surface area contributed by atoms with Gasteiger partial charge in [-0.25, -0.2) is 18.4 Å². The summed E-state index contributed by atoms with van der Waals surface area (Å²) in [5.74, 6) is -0.612. The highest BCUT2D eigenvalue weighted by molar-refractivity contribution is 7.91. The smallest absolute Gasteiger partial charge is 0.275 e. The zero-order chi connectivity index (χ0) is 15.5. The molecule has 0 atom stereocenters. The van der Waals surface area contributed by atoms with Gasteiger partial charge in [0.15, 0.2) is 9.84 Å². The number of halogens is 1. The Morgan fingerprint density at radius 3 is 2.57 bits per heavy atom. The third kappa shape index (κ3) is 3.56. The molecular formula is C13H12ClN3O3S. The van der Waals surface area contributed by atoms with Crippen molar-refractivity contribution in [3.63, 3.8) is 0 Å². The van der Waals surface area contributed by atoms with Crippen molar-refractivity contribution in [3.8, 4) is 0 Å². The highest BCUT2D eigenvalue weighted by atomic mass is 35.5. The van der Waals surface area contributed by atoms with Gasteiger partial charge in [-0.1, -0.05) is 30.7 Å². The molecule has 0 bridgehead atoms. The maximum absolute atomic E-state index is 12.0. The Hall–Kier alpha value is -1.99. The van der Waals surface area contributed by atoms with E-state index in [1.165, 1.54) is 24.5 Å². The molecule has 0 saturated carbocycles. The van der Waals surface area contributed by atoms with Crippen LogP contribution in [0.3, 0.4) is 0 Å². The minimum Gasteiger partial charge on any atom is -0.319 e. The summed E-state index contributed by atoms with van der Waals surface area (Å²) in [7, 11) is -3.44. The number of carbonyl (C=O) groups excluding carboxylic acids is 1. The van der Waals surface area contributed by atoms with E-state index in [1.807, 2.05) is 0 Å². The lowest BCUT2D eigenvalue weighted by molar-refractivity contribution is 0.102. The minimum atomic E-state index is -3.44. The fourth-order valence-corrected chi connectivity index (χ4v) is 2.76. The van der Waals surface area contributed by atoms with Gasteiger partial charge in [-0.05, 0) is 12.1 Å². The quantitative estimate of drug-likeness (QED) is 0.930. The van der Waals surface area contributed by atoms with E-state index in [0.717, 1.165) is 0 Å². The Labute approximate surface area is 127 Å². The number of hydrogen-bond acceptors (Lipinski definition) is 5. The molecule has 0 aliphatic carbocycles. The number of para-hydroxylation sites is 1. The highest BCUT2D eigenvalue weighted by Gasteiger charge is 2.18. The van der Waals surface area contributed by atoms with Crippen LogP contribution in [0.4, 0.5) is 5.69 Å². The largest absolute Gasteiger partial charge is 0.319 e. The predicted octanol–water partition coefficient (Wildman–Crippen LogP) is 2.18. The molecule has 0 saturated heterocycles. The maximum atomic E-state index is 12.0. The molecule has 0 aliphatic rings. The van der Waals surface area contributed by atoms with E-state index in [9.17, 15) is 13.2 Å². The molecule has 1 N–H and O–H groups in total. The molecule has 0 fully saturated rings. The molecule has 2 rings (SSSR count). The van der Waals surface area contributed by atoms with E-state index in [1.54, 1.807) is 19.1 Å². The number of aromatic nitrogens is 2. The number of rotatable bonds is 4. The number of amides is 1. The lowest BCUT2D eigenvalue weighted by Crippen LogP contribution is -2.16. The number of nitrogens with one attached hydrogen (secondary N) is 1. The summed E-state index contributed by atoms with van der Waals surface area (Å²) in [6.45, 7) is 1.54. The summed E-state index contributed by atoms with van der Waals surface area (Å²) < 4.78 is 24.0. The Kier molecular flexibility index (Phi) is 4.54. The van der Waals surface area contributed by atoms with Crippen molar-refractivity contribution in [1.29, 1.82) is 0 Å². The zero-order valence-corrected chi connectivity index (χ0v) is 12.6. The molecular weight excluding hydrogens is 314 g/mol. The van der Waals surface area contributed by atoms with E-state index in [-0.39, 0.29) is 27.2 Å². The fraction of sp³-hybridized carbons (Fsp3) is 0.154. The van der Waals surface area contributed by atoms with Crippen LogP contribution in [0, 0.1) is 0 Å². The summed E-state index contributed by atoms with van der Waals surface area (Å²) >= 11 is 5.60. The number of nitrogens with zero attached hydrogens (tertiary/aromatic N) is 2. The molecule has 2 aromatic rings. The van der Waals surface area contributed by atoms with Crippen LogP contribution in [0.15, 0.2) is 41.6 Å². The molecule has 0 spiro atoms. The molecule has 1 heterocycles. The van der Waals surface area contributed by atoms with Gasteiger partial charge in [-0.15, -0.1) is 0 Å². The SMILES string of the molecule is CCS(=O)(=O)c1ccccc1NC(=O)c1cnc(Cl)cn1. The second-order valence-electron chi connectivity index (χ2n) is 4.08. The van der Waals surface area contributed by atoms with Gasteiger partial charge >= 0.3 is 0 Å². The van der Waals surface area contributed by atoms with E-state index >= 15 is 0 Å². The second-order valence-corrected chi connectivity index (χ2v) is 6.71. The van der Waals surface area contributed by atoms with E-state index < -0.39 is 15.7 Å². The van der Waals surface area contributed by atoms with Crippen LogP contribution in [-0.2, 0) is 9.84 Å². The van der Waals surface area contributed by atoms with Gasteiger partial charge in [0.25, 0.3) is 5.91 Å². The summed E-state index contributed by atoms with van der Waals surface area (Å²) in [6.07, 6.45) is 2.46. The van der Waals surface area contributed by atoms with Crippen molar-refractivity contribution in [1.82, 2.24) is 9.97 Å². The lowest BCUT2D eigenvalue weighted by atomic mass is 10.3. The van der Waals surface area contributed by atoms with E-state index in [0.29, 0.717) is 0 Å². The first-order chi connectivity index (χ1) is 9.94. The Morgan fingerprint density at radius 2 is 1.95 bits per heavy atom. The first-order valence-corrected chi connectivity index (χ1v) is 8.07. The number of sulfone groups is 1. The third-order valence-electron chi connectivity index (χ3n) is 2.70. The normalized spacial score (nSPS) is 11.1. The standard InChI is InChI=1S/C13H12ClN3O3S/c1-2-21(19,20)11-6-4-3-5-9(11)17-13(18)10-7-16-12(14)8-15-10/h3-8H,2H2,1H3,(H,17,18). The Morgan fingerprint density at radius 1 is 1.24 bits per heavy atom. The lowest BCUT2D eigenvalue weighted by Gasteiger charge is -2.10. The average molecular weight is 326 g/mol. The molecule has 6 nitrogen and oxygen atoms in total. The van der Waals surface area contributed by atoms with Gasteiger partial charge in [0.1, 0.15) is 10.8 Å². The van der Waals surface area contributed by atoms with Gasteiger partial charge in [-0.2, -0.15) is 0 Å². The van der Waals surface area contributed by atoms with Gasteiger partial charge in [-0.3, -0.25) is 4.79 Å². The van der Waals surface area contributed by atoms with Gasteiger partial charge in [0.05, 0.1) is 28.7 Å². The molecule has 0 radical (unpaired) electrons. The van der Waals surface area contributed by atoms with Crippen molar-refractivity contribution >= 4 is 33.0 Å². The molecule has 0 aliphatic heterocycles. The van der Waals surface area contributed by atoms with Crippen LogP contribution in [0.2, 0.25) is 5.15 Å². The van der Waals surface area contributed by atoms with Crippen molar-refractivity contribution < 1.29 is 13.2 Å². The summed E-state index contributed by atoms with van der Waals surface area (Å²) in [5, 5.41) is 2.69. The maximum Gasteiger partial charge on any atom is 0.275 e. The molecule has 1 aromatic heterocycles. The fourth-order valence-electron chi connectivity index (χ4n) is 1.61. The number of benzene rings is 1. The number of hydrogen-bond donors (Lipinski definition) is 1. The van der Waals surface area contributed by atoms with Gasteiger partial charge in [0.2, 0.25) is 0 Å². The molecule has 1 aromatic carbocycles. The zero-order valence-electron chi connectivity index (χ0n) is 11.1. The topological polar surface area (TPSA) is 89.0 Å². The van der Waals surface area contributed by atoms with Gasteiger partial charge in [0, 0.05) is 0 Å². The monoisotopic (exact) mass is 325 g/mol. The van der Waals surface area contributed by atoms with E-state index in [2.05, 4.69) is 15.3 Å². The van der Waals surface area contributed by atoms with Gasteiger partial charge < -0.3 is 5.32 Å². The number of anilines is 1. The van der Waals surface area contributed by atoms with E-state index in [4.69, 9.17) is 11.6 Å².